The summed E-state index contributed by atoms with van der Waals surface area (Å²) >= 11 is 5.39. The topological polar surface area (TPSA) is 56.2 Å². The van der Waals surface area contributed by atoms with Crippen molar-refractivity contribution in [3.05, 3.63) is 63.2 Å². The molecule has 2 heterocycles. The largest absolute Gasteiger partial charge is 0.454 e. The molecule has 0 fully saturated rings. The number of H-pyrrole nitrogens is 1. The molecule has 0 saturated carbocycles. The molecule has 0 spiro atoms. The van der Waals surface area contributed by atoms with Gasteiger partial charge >= 0.3 is 0 Å². The number of aromatic amines is 1. The van der Waals surface area contributed by atoms with E-state index in [1.165, 1.54) is 0 Å². The molecule has 0 radical (unpaired) electrons. The Hall–Kier alpha value is -2.60. The molecule has 6 heteroatoms. The average Bonchev–Trinajstić information content (AvgIpc) is 3.02. The Labute approximate surface area is 137 Å². The number of para-hydroxylation sites is 1. The van der Waals surface area contributed by atoms with Gasteiger partial charge in [0.15, 0.2) is 16.3 Å². The number of benzene rings is 2. The van der Waals surface area contributed by atoms with Gasteiger partial charge in [-0.25, -0.2) is 0 Å². The molecule has 2 aromatic carbocycles. The maximum atomic E-state index is 12.8. The van der Waals surface area contributed by atoms with Gasteiger partial charge in [-0.3, -0.25) is 9.36 Å². The highest BCUT2D eigenvalue weighted by Gasteiger charge is 2.18. The molecule has 116 valence electrons. The second-order valence-electron chi connectivity index (χ2n) is 5.44. The summed E-state index contributed by atoms with van der Waals surface area (Å²) in [5.74, 6) is 1.41. The van der Waals surface area contributed by atoms with Gasteiger partial charge in [-0.15, -0.1) is 0 Å². The Morgan fingerprint density at radius 3 is 2.83 bits per heavy atom. The first kappa shape index (κ1) is 14.0. The van der Waals surface area contributed by atoms with Crippen molar-refractivity contribution in [3.63, 3.8) is 0 Å². The molecule has 1 aromatic heterocycles. The Morgan fingerprint density at radius 2 is 1.96 bits per heavy atom. The zero-order valence-electron chi connectivity index (χ0n) is 12.4. The fraction of sp³-hybridized carbons (Fsp3) is 0.176. The number of hydrogen-bond acceptors (Lipinski definition) is 4. The molecule has 0 aliphatic carbocycles. The highest BCUT2D eigenvalue weighted by molar-refractivity contribution is 7.71. The van der Waals surface area contributed by atoms with Crippen LogP contribution in [-0.2, 0) is 0 Å². The van der Waals surface area contributed by atoms with Crippen LogP contribution in [-0.4, -0.2) is 16.3 Å². The molecule has 1 aliphatic heterocycles. The first-order chi connectivity index (χ1) is 11.1. The highest BCUT2D eigenvalue weighted by Crippen LogP contribution is 2.34. The summed E-state index contributed by atoms with van der Waals surface area (Å²) in [6.07, 6.45) is 0. The molecule has 1 atom stereocenters. The van der Waals surface area contributed by atoms with Gasteiger partial charge in [0, 0.05) is 0 Å². The predicted octanol–water partition coefficient (Wildman–Crippen LogP) is 3.40. The van der Waals surface area contributed by atoms with Gasteiger partial charge in [0.25, 0.3) is 5.56 Å². The predicted molar refractivity (Wildman–Crippen MR) is 89.8 cm³/mol. The third-order valence-electron chi connectivity index (χ3n) is 4.10. The lowest BCUT2D eigenvalue weighted by molar-refractivity contribution is 0.174. The smallest absolute Gasteiger partial charge is 0.262 e. The lowest BCUT2D eigenvalue weighted by Crippen LogP contribution is -2.25. The number of aromatic nitrogens is 2. The molecule has 0 saturated heterocycles. The third-order valence-corrected chi connectivity index (χ3v) is 4.40. The SMILES string of the molecule is C[C@@H](c1ccc2c(c1)OCO2)n1c(=S)[nH]c2ccccc2c1=O. The molecule has 4 rings (SSSR count). The number of nitrogens with zero attached hydrogens (tertiary/aromatic N) is 1. The summed E-state index contributed by atoms with van der Waals surface area (Å²) < 4.78 is 12.7. The minimum absolute atomic E-state index is 0.102. The van der Waals surface area contributed by atoms with Crippen LogP contribution in [0, 0.1) is 4.77 Å². The zero-order chi connectivity index (χ0) is 16.0. The van der Waals surface area contributed by atoms with Crippen molar-refractivity contribution >= 4 is 23.1 Å². The van der Waals surface area contributed by atoms with Crippen LogP contribution in [0.3, 0.4) is 0 Å². The lowest BCUT2D eigenvalue weighted by atomic mass is 10.1. The van der Waals surface area contributed by atoms with E-state index in [2.05, 4.69) is 4.98 Å². The molecule has 3 aromatic rings. The van der Waals surface area contributed by atoms with Crippen LogP contribution in [0.25, 0.3) is 10.9 Å². The monoisotopic (exact) mass is 326 g/mol. The van der Waals surface area contributed by atoms with Gasteiger partial charge < -0.3 is 14.5 Å². The Kier molecular flexibility index (Phi) is 3.20. The molecule has 23 heavy (non-hydrogen) atoms. The fourth-order valence-corrected chi connectivity index (χ4v) is 3.20. The Balaban J connectivity index is 1.88. The maximum Gasteiger partial charge on any atom is 0.262 e. The van der Waals surface area contributed by atoms with Crippen molar-refractivity contribution in [1.29, 1.82) is 0 Å². The normalized spacial score (nSPS) is 14.1. The van der Waals surface area contributed by atoms with Crippen LogP contribution < -0.4 is 15.0 Å². The van der Waals surface area contributed by atoms with E-state index in [9.17, 15) is 4.79 Å². The Morgan fingerprint density at radius 1 is 1.17 bits per heavy atom. The van der Waals surface area contributed by atoms with E-state index in [1.807, 2.05) is 43.3 Å². The summed E-state index contributed by atoms with van der Waals surface area (Å²) in [6.45, 7) is 2.17. The van der Waals surface area contributed by atoms with Crippen LogP contribution in [0.5, 0.6) is 11.5 Å². The summed E-state index contributed by atoms with van der Waals surface area (Å²) in [5, 5.41) is 0.619. The fourth-order valence-electron chi connectivity index (χ4n) is 2.85. The molecule has 5 nitrogen and oxygen atoms in total. The van der Waals surface area contributed by atoms with Gasteiger partial charge in [0.05, 0.1) is 16.9 Å². The van der Waals surface area contributed by atoms with E-state index < -0.39 is 0 Å². The molecule has 0 bridgehead atoms. The molecular weight excluding hydrogens is 312 g/mol. The van der Waals surface area contributed by atoms with Gasteiger partial charge in [-0.1, -0.05) is 18.2 Å². The van der Waals surface area contributed by atoms with E-state index in [1.54, 1.807) is 10.6 Å². The number of ether oxygens (including phenoxy) is 2. The maximum absolute atomic E-state index is 12.8. The van der Waals surface area contributed by atoms with Crippen LogP contribution in [0.4, 0.5) is 0 Å². The van der Waals surface area contributed by atoms with E-state index in [0.717, 1.165) is 16.8 Å². The minimum atomic E-state index is -0.217. The van der Waals surface area contributed by atoms with E-state index >= 15 is 0 Å². The van der Waals surface area contributed by atoms with Crippen molar-refractivity contribution in [2.24, 2.45) is 0 Å². The van der Waals surface area contributed by atoms with Crippen molar-refractivity contribution in [2.75, 3.05) is 6.79 Å². The minimum Gasteiger partial charge on any atom is -0.454 e. The van der Waals surface area contributed by atoms with E-state index in [-0.39, 0.29) is 18.4 Å². The van der Waals surface area contributed by atoms with Crippen LogP contribution in [0.1, 0.15) is 18.5 Å². The lowest BCUT2D eigenvalue weighted by Gasteiger charge is -2.17. The molecule has 0 amide bonds. The number of fused-ring (bicyclic) bond motifs is 2. The zero-order valence-corrected chi connectivity index (χ0v) is 13.2. The third kappa shape index (κ3) is 2.22. The Bertz CT molecular complexity index is 1020. The molecule has 0 unspecified atom stereocenters. The second kappa shape index (κ2) is 5.24. The van der Waals surface area contributed by atoms with Crippen molar-refractivity contribution in [1.82, 2.24) is 9.55 Å². The summed E-state index contributed by atoms with van der Waals surface area (Å²) in [6, 6.07) is 12.8. The summed E-state index contributed by atoms with van der Waals surface area (Å²) in [5.41, 5.74) is 1.58. The molecule has 1 aliphatic rings. The number of nitrogens with one attached hydrogen (secondary N) is 1. The molecule has 1 N–H and O–H groups in total. The number of hydrogen-bond donors (Lipinski definition) is 1. The highest BCUT2D eigenvalue weighted by atomic mass is 32.1. The number of rotatable bonds is 2. The van der Waals surface area contributed by atoms with Crippen LogP contribution in [0.15, 0.2) is 47.3 Å². The van der Waals surface area contributed by atoms with Gasteiger partial charge in [0.1, 0.15) is 0 Å². The van der Waals surface area contributed by atoms with Gasteiger partial charge in [0.2, 0.25) is 6.79 Å². The quantitative estimate of drug-likeness (QED) is 0.733. The van der Waals surface area contributed by atoms with Crippen molar-refractivity contribution < 1.29 is 9.47 Å². The van der Waals surface area contributed by atoms with E-state index in [4.69, 9.17) is 21.7 Å². The van der Waals surface area contributed by atoms with Gasteiger partial charge in [-0.2, -0.15) is 0 Å². The van der Waals surface area contributed by atoms with Crippen LogP contribution in [0.2, 0.25) is 0 Å². The summed E-state index contributed by atoms with van der Waals surface area (Å²) in [7, 11) is 0. The average molecular weight is 326 g/mol. The second-order valence-corrected chi connectivity index (χ2v) is 5.83. The van der Waals surface area contributed by atoms with Gasteiger partial charge in [-0.05, 0) is 49.0 Å². The van der Waals surface area contributed by atoms with Crippen molar-refractivity contribution in [3.8, 4) is 11.5 Å². The molecular formula is C17H14N2O3S. The van der Waals surface area contributed by atoms with Crippen LogP contribution >= 0.6 is 12.2 Å². The first-order valence-corrected chi connectivity index (χ1v) is 7.69. The van der Waals surface area contributed by atoms with Crippen molar-refractivity contribution in [2.45, 2.75) is 13.0 Å². The first-order valence-electron chi connectivity index (χ1n) is 7.28. The summed E-state index contributed by atoms with van der Waals surface area (Å²) in [4.78, 5) is 15.9. The standard InChI is InChI=1S/C17H14N2O3S/c1-10(11-6-7-14-15(8-11)22-9-21-14)19-16(20)12-4-2-3-5-13(12)18-17(19)23/h2-8,10H,9H2,1H3,(H,18,23)/t10-/m0/s1. The van der Waals surface area contributed by atoms with E-state index in [0.29, 0.717) is 15.9 Å².